The zero-order chi connectivity index (χ0) is 24.0. The Morgan fingerprint density at radius 2 is 1.16 bits per heavy atom. The minimum absolute atomic E-state index is 0.108. The van der Waals surface area contributed by atoms with E-state index >= 15 is 0 Å². The number of hydrogen-bond donors (Lipinski definition) is 3. The Labute approximate surface area is 181 Å². The standard InChI is InChI=1S/C18H14N2O10S2/c19-31(27,28)9-1-3-11-13(5-9)18(26)14-6-10(2-4-12(14)17(11)25)32(29,30)20(7-15(21)22)8-16(23)24/h1-6H,7-8H2,(H,21,22)(H,23,24)(H2,19,27,28). The van der Waals surface area contributed by atoms with E-state index in [-0.39, 0.29) is 26.6 Å². The zero-order valence-corrected chi connectivity index (χ0v) is 17.5. The first-order valence-corrected chi connectivity index (χ1v) is 11.6. The number of carboxylic acids is 2. The summed E-state index contributed by atoms with van der Waals surface area (Å²) in [6.07, 6.45) is 0. The smallest absolute Gasteiger partial charge is 0.318 e. The Morgan fingerprint density at radius 1 is 0.750 bits per heavy atom. The number of carbonyl (C=O) groups excluding carboxylic acids is 2. The van der Waals surface area contributed by atoms with Crippen molar-refractivity contribution in [3.8, 4) is 0 Å². The second-order valence-electron chi connectivity index (χ2n) is 6.68. The van der Waals surface area contributed by atoms with Crippen molar-refractivity contribution in [3.63, 3.8) is 0 Å². The van der Waals surface area contributed by atoms with Gasteiger partial charge in [-0.15, -0.1) is 0 Å². The van der Waals surface area contributed by atoms with Crippen LogP contribution in [0.15, 0.2) is 46.2 Å². The molecule has 14 heteroatoms. The average Bonchev–Trinajstić information content (AvgIpc) is 2.69. The van der Waals surface area contributed by atoms with Crippen molar-refractivity contribution in [2.75, 3.05) is 13.1 Å². The van der Waals surface area contributed by atoms with Crippen LogP contribution in [0.2, 0.25) is 0 Å². The Morgan fingerprint density at radius 3 is 1.59 bits per heavy atom. The fraction of sp³-hybridized carbons (Fsp3) is 0.111. The van der Waals surface area contributed by atoms with Crippen molar-refractivity contribution in [1.29, 1.82) is 0 Å². The summed E-state index contributed by atoms with van der Waals surface area (Å²) in [6.45, 7) is -2.31. The molecule has 0 unspecified atom stereocenters. The number of hydrogen-bond acceptors (Lipinski definition) is 8. The lowest BCUT2D eigenvalue weighted by molar-refractivity contribution is -0.139. The van der Waals surface area contributed by atoms with Crippen LogP contribution in [-0.2, 0) is 29.6 Å². The van der Waals surface area contributed by atoms with Gasteiger partial charge >= 0.3 is 11.9 Å². The molecule has 4 N–H and O–H groups in total. The number of nitrogens with two attached hydrogens (primary N) is 1. The van der Waals surface area contributed by atoms with E-state index in [1.54, 1.807) is 0 Å². The number of rotatable bonds is 7. The third kappa shape index (κ3) is 4.16. The van der Waals surface area contributed by atoms with E-state index in [1.807, 2.05) is 0 Å². The van der Waals surface area contributed by atoms with E-state index in [0.29, 0.717) is 0 Å². The third-order valence-electron chi connectivity index (χ3n) is 4.55. The minimum Gasteiger partial charge on any atom is -0.480 e. The normalized spacial score (nSPS) is 13.6. The van der Waals surface area contributed by atoms with Gasteiger partial charge in [-0.2, -0.15) is 4.31 Å². The molecule has 0 aromatic heterocycles. The summed E-state index contributed by atoms with van der Waals surface area (Å²) in [5.74, 6) is -4.75. The lowest BCUT2D eigenvalue weighted by atomic mass is 9.84. The first kappa shape index (κ1) is 23.2. The van der Waals surface area contributed by atoms with Crippen molar-refractivity contribution in [2.24, 2.45) is 5.14 Å². The summed E-state index contributed by atoms with van der Waals surface area (Å²) >= 11 is 0. The first-order valence-electron chi connectivity index (χ1n) is 8.57. The van der Waals surface area contributed by atoms with Gasteiger partial charge in [-0.05, 0) is 36.4 Å². The van der Waals surface area contributed by atoms with Crippen molar-refractivity contribution >= 4 is 43.6 Å². The van der Waals surface area contributed by atoms with E-state index < -0.39 is 66.4 Å². The molecule has 0 amide bonds. The predicted molar refractivity (Wildman–Crippen MR) is 105 cm³/mol. The van der Waals surface area contributed by atoms with Crippen LogP contribution < -0.4 is 5.14 Å². The van der Waals surface area contributed by atoms with Gasteiger partial charge in [-0.25, -0.2) is 22.0 Å². The lowest BCUT2D eigenvalue weighted by Crippen LogP contribution is -2.39. The Hall–Kier alpha value is -3.46. The summed E-state index contributed by atoms with van der Waals surface area (Å²) in [5.41, 5.74) is -0.950. The number of aliphatic carboxylic acids is 2. The van der Waals surface area contributed by atoms with E-state index in [2.05, 4.69) is 0 Å². The molecule has 0 radical (unpaired) electrons. The average molecular weight is 482 g/mol. The molecule has 0 spiro atoms. The molecule has 0 atom stereocenters. The van der Waals surface area contributed by atoms with Crippen molar-refractivity contribution in [2.45, 2.75) is 9.79 Å². The highest BCUT2D eigenvalue weighted by Gasteiger charge is 2.34. The summed E-state index contributed by atoms with van der Waals surface area (Å²) in [7, 11) is -8.88. The van der Waals surface area contributed by atoms with Crippen molar-refractivity contribution in [3.05, 3.63) is 58.7 Å². The van der Waals surface area contributed by atoms with Crippen molar-refractivity contribution in [1.82, 2.24) is 4.31 Å². The number of carbonyl (C=O) groups is 4. The van der Waals surface area contributed by atoms with Crippen LogP contribution in [0.5, 0.6) is 0 Å². The summed E-state index contributed by atoms with van der Waals surface area (Å²) in [4.78, 5) is 46.6. The van der Waals surface area contributed by atoms with Gasteiger partial charge in [0, 0.05) is 22.3 Å². The fourth-order valence-corrected chi connectivity index (χ4v) is 5.03. The maximum absolute atomic E-state index is 13.0. The van der Waals surface area contributed by atoms with Crippen LogP contribution in [0.1, 0.15) is 31.8 Å². The molecule has 0 fully saturated rings. The summed E-state index contributed by atoms with van der Waals surface area (Å²) < 4.78 is 49.0. The topological polar surface area (TPSA) is 206 Å². The van der Waals surface area contributed by atoms with Crippen LogP contribution in [0, 0.1) is 0 Å². The highest BCUT2D eigenvalue weighted by Crippen LogP contribution is 2.31. The number of fused-ring (bicyclic) bond motifs is 2. The predicted octanol–water partition coefficient (Wildman–Crippen LogP) is -0.731. The lowest BCUT2D eigenvalue weighted by Gasteiger charge is -2.21. The molecule has 1 aliphatic carbocycles. The molecule has 0 saturated carbocycles. The molecule has 2 aromatic rings. The van der Waals surface area contributed by atoms with Gasteiger partial charge in [-0.3, -0.25) is 19.2 Å². The molecule has 2 aromatic carbocycles. The van der Waals surface area contributed by atoms with Crippen LogP contribution in [0.4, 0.5) is 0 Å². The number of nitrogens with zero attached hydrogens (tertiary/aromatic N) is 1. The van der Waals surface area contributed by atoms with Crippen LogP contribution in [0.3, 0.4) is 0 Å². The first-order chi connectivity index (χ1) is 14.7. The highest BCUT2D eigenvalue weighted by molar-refractivity contribution is 7.89. The Bertz CT molecular complexity index is 1400. The SMILES string of the molecule is NS(=O)(=O)c1ccc2c(c1)C(=O)c1cc(S(=O)(=O)N(CC(=O)O)CC(=O)O)ccc1C2=O. The summed E-state index contributed by atoms with van der Waals surface area (Å²) in [5, 5.41) is 22.9. The number of sulfonamides is 2. The quantitative estimate of drug-likeness (QED) is 0.385. The van der Waals surface area contributed by atoms with Crippen LogP contribution >= 0.6 is 0 Å². The van der Waals surface area contributed by atoms with Gasteiger partial charge in [0.2, 0.25) is 20.0 Å². The molecule has 0 bridgehead atoms. The number of ketones is 2. The maximum Gasteiger partial charge on any atom is 0.318 e. The molecule has 0 heterocycles. The molecule has 0 aliphatic heterocycles. The molecule has 32 heavy (non-hydrogen) atoms. The molecule has 1 aliphatic rings. The monoisotopic (exact) mass is 482 g/mol. The van der Waals surface area contributed by atoms with Crippen molar-refractivity contribution < 1.29 is 46.2 Å². The molecule has 0 saturated heterocycles. The van der Waals surface area contributed by atoms with E-state index in [9.17, 15) is 36.0 Å². The molecule has 3 rings (SSSR count). The van der Waals surface area contributed by atoms with Gasteiger partial charge in [-0.1, -0.05) is 0 Å². The second kappa shape index (κ2) is 7.90. The number of primary sulfonamides is 1. The third-order valence-corrected chi connectivity index (χ3v) is 7.25. The molecule has 12 nitrogen and oxygen atoms in total. The van der Waals surface area contributed by atoms with Crippen LogP contribution in [-0.4, -0.2) is 67.9 Å². The van der Waals surface area contributed by atoms with Gasteiger partial charge in [0.05, 0.1) is 9.79 Å². The number of benzene rings is 2. The number of carboxylic acid groups (broad SMARTS) is 2. The van der Waals surface area contributed by atoms with Crippen LogP contribution in [0.25, 0.3) is 0 Å². The van der Waals surface area contributed by atoms with E-state index in [1.165, 1.54) is 0 Å². The Kier molecular flexibility index (Phi) is 5.73. The molecular formula is C18H14N2O10S2. The van der Waals surface area contributed by atoms with Gasteiger partial charge in [0.25, 0.3) is 0 Å². The zero-order valence-electron chi connectivity index (χ0n) is 15.9. The molecule has 168 valence electrons. The molecular weight excluding hydrogens is 468 g/mol. The van der Waals surface area contributed by atoms with Gasteiger partial charge in [0.1, 0.15) is 13.1 Å². The fourth-order valence-electron chi connectivity index (χ4n) is 3.12. The summed E-state index contributed by atoms with van der Waals surface area (Å²) in [6, 6.07) is 5.87. The van der Waals surface area contributed by atoms with E-state index in [4.69, 9.17) is 15.4 Å². The Balaban J connectivity index is 2.14. The highest BCUT2D eigenvalue weighted by atomic mass is 32.2. The largest absolute Gasteiger partial charge is 0.480 e. The van der Waals surface area contributed by atoms with E-state index in [0.717, 1.165) is 36.4 Å². The van der Waals surface area contributed by atoms with Gasteiger partial charge in [0.15, 0.2) is 11.6 Å². The minimum atomic E-state index is -4.68. The second-order valence-corrected chi connectivity index (χ2v) is 10.2. The van der Waals surface area contributed by atoms with Gasteiger partial charge < -0.3 is 10.2 Å². The maximum atomic E-state index is 13.0.